The van der Waals surface area contributed by atoms with Crippen LogP contribution in [0.2, 0.25) is 0 Å². The molecular weight excluding hydrogens is 408 g/mol. The Balaban J connectivity index is 1.43. The Bertz CT molecular complexity index is 737. The number of alkyl halides is 2. The lowest BCUT2D eigenvalue weighted by Gasteiger charge is -2.24. The molecule has 0 amide bonds. The van der Waals surface area contributed by atoms with Crippen molar-refractivity contribution < 1.29 is 8.78 Å². The van der Waals surface area contributed by atoms with Crippen LogP contribution in [0.1, 0.15) is 42.5 Å². The zero-order valence-electron chi connectivity index (χ0n) is 19.0. The van der Waals surface area contributed by atoms with Gasteiger partial charge in [0.1, 0.15) is 0 Å². The van der Waals surface area contributed by atoms with Crippen LogP contribution in [0, 0.1) is 0 Å². The fraction of sp³-hybridized carbons (Fsp3) is 0.560. The molecule has 0 spiro atoms. The van der Waals surface area contributed by atoms with Crippen LogP contribution >= 0.6 is 0 Å². The van der Waals surface area contributed by atoms with Gasteiger partial charge in [0.05, 0.1) is 5.69 Å². The molecule has 0 aliphatic carbocycles. The van der Waals surface area contributed by atoms with Gasteiger partial charge in [0.2, 0.25) is 5.92 Å². The minimum absolute atomic E-state index is 0.0211. The Morgan fingerprint density at radius 3 is 2.12 bits per heavy atom. The average Bonchev–Trinajstić information content (AvgIpc) is 2.79. The molecule has 0 atom stereocenters. The molecule has 0 radical (unpaired) electrons. The van der Waals surface area contributed by atoms with E-state index in [9.17, 15) is 8.78 Å². The van der Waals surface area contributed by atoms with E-state index in [1.54, 1.807) is 0 Å². The van der Waals surface area contributed by atoms with Crippen molar-refractivity contribution >= 4 is 0 Å². The molecule has 7 heteroatoms. The summed E-state index contributed by atoms with van der Waals surface area (Å²) in [5, 5.41) is 10.1. The van der Waals surface area contributed by atoms with E-state index in [2.05, 4.69) is 50.1 Å². The number of hydrogen-bond donors (Lipinski definition) is 3. The van der Waals surface area contributed by atoms with Gasteiger partial charge in [-0.25, -0.2) is 8.78 Å². The molecule has 0 saturated carbocycles. The second-order valence-corrected chi connectivity index (χ2v) is 8.58. The molecule has 2 aromatic rings. The van der Waals surface area contributed by atoms with E-state index in [0.717, 1.165) is 51.5 Å². The molecule has 32 heavy (non-hydrogen) atoms. The van der Waals surface area contributed by atoms with E-state index >= 15 is 0 Å². The van der Waals surface area contributed by atoms with Gasteiger partial charge in [0.15, 0.2) is 0 Å². The van der Waals surface area contributed by atoms with E-state index < -0.39 is 5.92 Å². The molecule has 0 unspecified atom stereocenters. The molecule has 1 aromatic heterocycles. The number of rotatable bonds is 6. The lowest BCUT2D eigenvalue weighted by atomic mass is 10.1. The molecule has 0 bridgehead atoms. The molecule has 1 saturated heterocycles. The van der Waals surface area contributed by atoms with Crippen molar-refractivity contribution in [2.75, 3.05) is 39.3 Å². The van der Waals surface area contributed by atoms with E-state index in [0.29, 0.717) is 25.9 Å². The Hall–Kier alpha value is -1.93. The smallest absolute Gasteiger partial charge is 0.248 e. The molecule has 3 rings (SSSR count). The zero-order chi connectivity index (χ0) is 22.5. The number of nitrogens with zero attached hydrogens (tertiary/aromatic N) is 2. The van der Waals surface area contributed by atoms with Gasteiger partial charge in [-0.1, -0.05) is 30.3 Å². The summed E-state index contributed by atoms with van der Waals surface area (Å²) in [5.41, 5.74) is 3.59. The summed E-state index contributed by atoms with van der Waals surface area (Å²) in [6.45, 7) is 7.23. The monoisotopic (exact) mass is 445 g/mol. The van der Waals surface area contributed by atoms with Crippen LogP contribution in [0.25, 0.3) is 0 Å². The number of benzene rings is 1. The molecule has 2 heterocycles. The third kappa shape index (κ3) is 9.69. The maximum Gasteiger partial charge on any atom is 0.248 e. The third-order valence-corrected chi connectivity index (χ3v) is 5.79. The highest BCUT2D eigenvalue weighted by atomic mass is 19.3. The highest BCUT2D eigenvalue weighted by Crippen LogP contribution is 2.25. The highest BCUT2D eigenvalue weighted by molar-refractivity contribution is 5.22. The van der Waals surface area contributed by atoms with E-state index in [1.165, 1.54) is 11.1 Å². The van der Waals surface area contributed by atoms with Crippen molar-refractivity contribution in [3.05, 3.63) is 65.5 Å². The first-order valence-electron chi connectivity index (χ1n) is 11.8. The summed E-state index contributed by atoms with van der Waals surface area (Å²) in [5.74, 6) is -2.53. The lowest BCUT2D eigenvalue weighted by molar-refractivity contribution is -0.0194. The molecule has 1 fully saturated rings. The first-order valence-corrected chi connectivity index (χ1v) is 11.8. The van der Waals surface area contributed by atoms with Crippen molar-refractivity contribution in [3.8, 4) is 0 Å². The molecule has 176 valence electrons. The van der Waals surface area contributed by atoms with Gasteiger partial charge in [0.25, 0.3) is 0 Å². The van der Waals surface area contributed by atoms with Crippen LogP contribution in [0.3, 0.4) is 0 Å². The van der Waals surface area contributed by atoms with E-state index in [4.69, 9.17) is 0 Å². The molecule has 3 N–H and O–H groups in total. The predicted molar refractivity (Wildman–Crippen MR) is 126 cm³/mol. The second kappa shape index (κ2) is 13.6. The average molecular weight is 446 g/mol. The van der Waals surface area contributed by atoms with Gasteiger partial charge in [-0.3, -0.25) is 9.88 Å². The SMILES string of the molecule is FC1(F)CCCNCCN(Cc2ccc(CNCc3ccccn3)cc2)CCNCCC1. The Morgan fingerprint density at radius 1 is 0.844 bits per heavy atom. The number of nitrogens with one attached hydrogen (secondary N) is 3. The normalized spacial score (nSPS) is 19.3. The maximum atomic E-state index is 13.8. The topological polar surface area (TPSA) is 52.2 Å². The largest absolute Gasteiger partial charge is 0.315 e. The zero-order valence-corrected chi connectivity index (χ0v) is 19.0. The molecule has 1 aliphatic heterocycles. The molecular formula is C25H37F2N5. The van der Waals surface area contributed by atoms with Crippen molar-refractivity contribution in [1.82, 2.24) is 25.8 Å². The number of aromatic nitrogens is 1. The van der Waals surface area contributed by atoms with E-state index in [1.807, 2.05) is 24.4 Å². The highest BCUT2D eigenvalue weighted by Gasteiger charge is 2.27. The van der Waals surface area contributed by atoms with Gasteiger partial charge >= 0.3 is 0 Å². The summed E-state index contributed by atoms with van der Waals surface area (Å²) in [7, 11) is 0. The first kappa shape index (κ1) is 24.7. The van der Waals surface area contributed by atoms with Crippen molar-refractivity contribution in [3.63, 3.8) is 0 Å². The van der Waals surface area contributed by atoms with Gasteiger partial charge in [-0.05, 0) is 49.2 Å². The molecule has 1 aromatic carbocycles. The Labute approximate surface area is 191 Å². The Morgan fingerprint density at radius 2 is 1.50 bits per heavy atom. The predicted octanol–water partition coefficient (Wildman–Crippen LogP) is 3.56. The standard InChI is InChI=1S/C25H37F2N5/c26-25(27)10-3-12-28-15-17-32(18-16-29-13-4-11-25)21-23-8-6-22(7-9-23)19-30-20-24-5-1-2-14-31-24/h1-2,5-9,14,28-30H,3-4,10-13,15-21H2. The van der Waals surface area contributed by atoms with Crippen LogP contribution in [-0.2, 0) is 19.6 Å². The Kier molecular flexibility index (Phi) is 10.5. The minimum Gasteiger partial charge on any atom is -0.315 e. The quantitative estimate of drug-likeness (QED) is 0.635. The number of hydrogen-bond acceptors (Lipinski definition) is 5. The second-order valence-electron chi connectivity index (χ2n) is 8.58. The third-order valence-electron chi connectivity index (χ3n) is 5.79. The lowest BCUT2D eigenvalue weighted by Crippen LogP contribution is -2.37. The van der Waals surface area contributed by atoms with Crippen LogP contribution in [-0.4, -0.2) is 55.1 Å². The maximum absolute atomic E-state index is 13.8. The number of pyridine rings is 1. The molecule has 5 nitrogen and oxygen atoms in total. The summed E-state index contributed by atoms with van der Waals surface area (Å²) in [6, 6.07) is 14.7. The van der Waals surface area contributed by atoms with Crippen LogP contribution in [0.4, 0.5) is 8.78 Å². The van der Waals surface area contributed by atoms with Gasteiger partial charge in [0, 0.05) is 64.9 Å². The summed E-state index contributed by atoms with van der Waals surface area (Å²) in [4.78, 5) is 6.76. The molecule has 1 aliphatic rings. The number of halogens is 2. The van der Waals surface area contributed by atoms with Crippen molar-refractivity contribution in [2.45, 2.75) is 51.2 Å². The summed E-state index contributed by atoms with van der Waals surface area (Å²) < 4.78 is 27.6. The fourth-order valence-electron chi connectivity index (χ4n) is 3.92. The summed E-state index contributed by atoms with van der Waals surface area (Å²) >= 11 is 0. The van der Waals surface area contributed by atoms with Crippen LogP contribution < -0.4 is 16.0 Å². The van der Waals surface area contributed by atoms with Crippen molar-refractivity contribution in [2.24, 2.45) is 0 Å². The minimum atomic E-state index is -2.53. The van der Waals surface area contributed by atoms with Crippen LogP contribution in [0.15, 0.2) is 48.7 Å². The van der Waals surface area contributed by atoms with Crippen LogP contribution in [0.5, 0.6) is 0 Å². The fourth-order valence-corrected chi connectivity index (χ4v) is 3.92. The first-order chi connectivity index (χ1) is 15.6. The van der Waals surface area contributed by atoms with Gasteiger partial charge < -0.3 is 16.0 Å². The van der Waals surface area contributed by atoms with E-state index in [-0.39, 0.29) is 12.8 Å². The van der Waals surface area contributed by atoms with Gasteiger partial charge in [-0.15, -0.1) is 0 Å². The van der Waals surface area contributed by atoms with Crippen molar-refractivity contribution in [1.29, 1.82) is 0 Å². The van der Waals surface area contributed by atoms with Gasteiger partial charge in [-0.2, -0.15) is 0 Å². The summed E-state index contributed by atoms with van der Waals surface area (Å²) in [6.07, 6.45) is 2.82.